The van der Waals surface area contributed by atoms with Crippen LogP contribution in [0.3, 0.4) is 0 Å². The van der Waals surface area contributed by atoms with Gasteiger partial charge in [0.1, 0.15) is 0 Å². The van der Waals surface area contributed by atoms with E-state index >= 15 is 0 Å². The van der Waals surface area contributed by atoms with E-state index in [-0.39, 0.29) is 18.0 Å². The molecule has 1 fully saturated rings. The molecule has 2 rings (SSSR count). The minimum absolute atomic E-state index is 0.0138. The number of halogens is 2. The lowest BCUT2D eigenvalue weighted by Gasteiger charge is -2.22. The molecule has 0 spiro atoms. The lowest BCUT2D eigenvalue weighted by Crippen LogP contribution is -2.43. The van der Waals surface area contributed by atoms with Crippen LogP contribution in [-0.4, -0.2) is 18.5 Å². The molecular formula is C14H18Cl2N2O. The monoisotopic (exact) mass is 300 g/mol. The molecule has 0 aromatic heterocycles. The van der Waals surface area contributed by atoms with E-state index in [2.05, 4.69) is 10.6 Å². The maximum atomic E-state index is 11.9. The second-order valence-electron chi connectivity index (χ2n) is 4.89. The number of carbonyl (C=O) groups excluding carboxylic acids is 1. The molecule has 2 unspecified atom stereocenters. The summed E-state index contributed by atoms with van der Waals surface area (Å²) in [6.07, 6.45) is 2.94. The third kappa shape index (κ3) is 3.85. The van der Waals surface area contributed by atoms with Crippen molar-refractivity contribution in [2.75, 3.05) is 6.54 Å². The van der Waals surface area contributed by atoms with Crippen molar-refractivity contribution in [1.29, 1.82) is 0 Å². The molecule has 1 aliphatic heterocycles. The largest absolute Gasteiger partial charge is 0.355 e. The van der Waals surface area contributed by atoms with Crippen molar-refractivity contribution in [2.24, 2.45) is 0 Å². The number of rotatable bonds is 3. The van der Waals surface area contributed by atoms with Gasteiger partial charge < -0.3 is 5.32 Å². The molecule has 19 heavy (non-hydrogen) atoms. The maximum Gasteiger partial charge on any atom is 0.237 e. The van der Waals surface area contributed by atoms with Crippen LogP contribution in [0.2, 0.25) is 10.0 Å². The third-order valence-corrected chi connectivity index (χ3v) is 3.99. The Balaban J connectivity index is 2.09. The number of hydrogen-bond donors (Lipinski definition) is 2. The summed E-state index contributed by atoms with van der Waals surface area (Å²) in [5.41, 5.74) is 0.922. The van der Waals surface area contributed by atoms with E-state index < -0.39 is 0 Å². The standard InChI is InChI=1S/C14H18Cl2N2O/c1-9(11-8-10(15)5-6-12(11)16)18-13-4-2-3-7-17-14(13)19/h5-6,8-9,13,18H,2-4,7H2,1H3,(H,17,19). The van der Waals surface area contributed by atoms with E-state index in [1.807, 2.05) is 13.0 Å². The van der Waals surface area contributed by atoms with Crippen LogP contribution >= 0.6 is 23.2 Å². The summed E-state index contributed by atoms with van der Waals surface area (Å²) in [7, 11) is 0. The zero-order valence-electron chi connectivity index (χ0n) is 10.9. The van der Waals surface area contributed by atoms with E-state index in [9.17, 15) is 4.79 Å². The first-order valence-electron chi connectivity index (χ1n) is 6.56. The van der Waals surface area contributed by atoms with Gasteiger partial charge in [-0.25, -0.2) is 0 Å². The molecule has 1 heterocycles. The van der Waals surface area contributed by atoms with Gasteiger partial charge in [0.05, 0.1) is 6.04 Å². The van der Waals surface area contributed by atoms with Gasteiger partial charge in [0.15, 0.2) is 0 Å². The summed E-state index contributed by atoms with van der Waals surface area (Å²) < 4.78 is 0. The highest BCUT2D eigenvalue weighted by molar-refractivity contribution is 6.33. The van der Waals surface area contributed by atoms with Gasteiger partial charge in [-0.15, -0.1) is 0 Å². The van der Waals surface area contributed by atoms with E-state index in [0.717, 1.165) is 31.4 Å². The zero-order valence-corrected chi connectivity index (χ0v) is 12.4. The van der Waals surface area contributed by atoms with Gasteiger partial charge in [0.25, 0.3) is 0 Å². The maximum absolute atomic E-state index is 11.9. The van der Waals surface area contributed by atoms with Crippen LogP contribution in [0.5, 0.6) is 0 Å². The summed E-state index contributed by atoms with van der Waals surface area (Å²) in [4.78, 5) is 11.9. The van der Waals surface area contributed by atoms with E-state index in [1.54, 1.807) is 12.1 Å². The van der Waals surface area contributed by atoms with Crippen LogP contribution < -0.4 is 10.6 Å². The normalized spacial score (nSPS) is 21.6. The van der Waals surface area contributed by atoms with Crippen LogP contribution in [0.4, 0.5) is 0 Å². The average molecular weight is 301 g/mol. The first-order chi connectivity index (χ1) is 9.08. The second-order valence-corrected chi connectivity index (χ2v) is 5.74. The first-order valence-corrected chi connectivity index (χ1v) is 7.32. The van der Waals surface area contributed by atoms with Crippen molar-refractivity contribution in [3.05, 3.63) is 33.8 Å². The summed E-state index contributed by atoms with van der Waals surface area (Å²) in [6.45, 7) is 2.76. The summed E-state index contributed by atoms with van der Waals surface area (Å²) in [5.74, 6) is 0.0718. The molecule has 2 N–H and O–H groups in total. The fraction of sp³-hybridized carbons (Fsp3) is 0.500. The van der Waals surface area contributed by atoms with E-state index in [0.29, 0.717) is 10.0 Å². The SMILES string of the molecule is CC(NC1CCCCNC1=O)c1cc(Cl)ccc1Cl. The molecule has 0 bridgehead atoms. The molecule has 0 aliphatic carbocycles. The van der Waals surface area contributed by atoms with Crippen LogP contribution in [0, 0.1) is 0 Å². The Morgan fingerprint density at radius 2 is 2.16 bits per heavy atom. The molecule has 3 nitrogen and oxygen atoms in total. The summed E-state index contributed by atoms with van der Waals surface area (Å²) in [6, 6.07) is 5.21. The van der Waals surface area contributed by atoms with Crippen molar-refractivity contribution < 1.29 is 4.79 Å². The van der Waals surface area contributed by atoms with Crippen LogP contribution in [0.1, 0.15) is 37.8 Å². The number of nitrogens with one attached hydrogen (secondary N) is 2. The molecule has 0 radical (unpaired) electrons. The molecule has 1 aromatic rings. The lowest BCUT2D eigenvalue weighted by atomic mass is 10.1. The van der Waals surface area contributed by atoms with Crippen molar-refractivity contribution in [1.82, 2.24) is 10.6 Å². The van der Waals surface area contributed by atoms with Gasteiger partial charge >= 0.3 is 0 Å². The van der Waals surface area contributed by atoms with Crippen LogP contribution in [0.25, 0.3) is 0 Å². The smallest absolute Gasteiger partial charge is 0.237 e. The molecule has 2 atom stereocenters. The second kappa shape index (κ2) is 6.60. The van der Waals surface area contributed by atoms with Crippen LogP contribution in [0.15, 0.2) is 18.2 Å². The Kier molecular flexibility index (Phi) is 5.08. The number of carbonyl (C=O) groups is 1. The molecular weight excluding hydrogens is 283 g/mol. The van der Waals surface area contributed by atoms with Crippen molar-refractivity contribution in [3.8, 4) is 0 Å². The highest BCUT2D eigenvalue weighted by atomic mass is 35.5. The van der Waals surface area contributed by atoms with Gasteiger partial charge in [0.2, 0.25) is 5.91 Å². The topological polar surface area (TPSA) is 41.1 Å². The van der Waals surface area contributed by atoms with Crippen LogP contribution in [-0.2, 0) is 4.79 Å². The quantitative estimate of drug-likeness (QED) is 0.899. The predicted molar refractivity (Wildman–Crippen MR) is 78.7 cm³/mol. The molecule has 104 valence electrons. The number of amides is 1. The van der Waals surface area contributed by atoms with Gasteiger partial charge in [-0.2, -0.15) is 0 Å². The van der Waals surface area contributed by atoms with Gasteiger partial charge in [0, 0.05) is 22.6 Å². The minimum Gasteiger partial charge on any atom is -0.355 e. The zero-order chi connectivity index (χ0) is 13.8. The Morgan fingerprint density at radius 1 is 1.37 bits per heavy atom. The van der Waals surface area contributed by atoms with Gasteiger partial charge in [-0.1, -0.05) is 23.2 Å². The van der Waals surface area contributed by atoms with E-state index in [1.165, 1.54) is 0 Å². The fourth-order valence-electron chi connectivity index (χ4n) is 2.34. The highest BCUT2D eigenvalue weighted by Gasteiger charge is 2.23. The minimum atomic E-state index is -0.160. The molecule has 1 aromatic carbocycles. The Morgan fingerprint density at radius 3 is 2.95 bits per heavy atom. The number of benzene rings is 1. The Hall–Kier alpha value is -0.770. The average Bonchev–Trinajstić information content (AvgIpc) is 2.58. The Bertz CT molecular complexity index is 465. The molecule has 1 amide bonds. The highest BCUT2D eigenvalue weighted by Crippen LogP contribution is 2.26. The fourth-order valence-corrected chi connectivity index (χ4v) is 2.80. The predicted octanol–water partition coefficient (Wildman–Crippen LogP) is 3.31. The molecule has 1 saturated heterocycles. The van der Waals surface area contributed by atoms with Gasteiger partial charge in [-0.3, -0.25) is 10.1 Å². The summed E-state index contributed by atoms with van der Waals surface area (Å²) in [5, 5.41) is 7.57. The Labute approximate surface area is 123 Å². The van der Waals surface area contributed by atoms with Crippen molar-refractivity contribution >= 4 is 29.1 Å². The summed E-state index contributed by atoms with van der Waals surface area (Å²) >= 11 is 12.2. The molecule has 1 aliphatic rings. The van der Waals surface area contributed by atoms with Crippen molar-refractivity contribution in [3.63, 3.8) is 0 Å². The van der Waals surface area contributed by atoms with E-state index in [4.69, 9.17) is 23.2 Å². The first kappa shape index (κ1) is 14.6. The lowest BCUT2D eigenvalue weighted by molar-refractivity contribution is -0.123. The molecule has 5 heteroatoms. The number of hydrogen-bond acceptors (Lipinski definition) is 2. The third-order valence-electron chi connectivity index (χ3n) is 3.41. The molecule has 0 saturated carbocycles. The van der Waals surface area contributed by atoms with Crippen molar-refractivity contribution in [2.45, 2.75) is 38.3 Å². The van der Waals surface area contributed by atoms with Gasteiger partial charge in [-0.05, 0) is 49.9 Å².